The Kier molecular flexibility index (Phi) is 6.65. The molecular weight excluding hydrogens is 357 g/mol. The number of carbonyl (C=O) groups excluding carboxylic acids is 1. The maximum absolute atomic E-state index is 13.0. The summed E-state index contributed by atoms with van der Waals surface area (Å²) in [5.41, 5.74) is 1.45. The fourth-order valence-electron chi connectivity index (χ4n) is 2.76. The molecule has 1 aromatic heterocycles. The molecule has 140 valence electrons. The summed E-state index contributed by atoms with van der Waals surface area (Å²) in [6, 6.07) is 6.22. The van der Waals surface area contributed by atoms with E-state index < -0.39 is 0 Å². The van der Waals surface area contributed by atoms with Crippen LogP contribution in [0.15, 0.2) is 35.6 Å². The predicted octanol–water partition coefficient (Wildman–Crippen LogP) is 1.95. The molecule has 0 saturated carbocycles. The van der Waals surface area contributed by atoms with E-state index >= 15 is 0 Å². The van der Waals surface area contributed by atoms with Crippen LogP contribution in [0.25, 0.3) is 0 Å². The Morgan fingerprint density at radius 3 is 2.92 bits per heavy atom. The number of thioether (sulfide) groups is 1. The van der Waals surface area contributed by atoms with Gasteiger partial charge in [0, 0.05) is 25.9 Å². The molecule has 8 heteroatoms. The Labute approximate surface area is 155 Å². The van der Waals surface area contributed by atoms with E-state index in [2.05, 4.69) is 10.3 Å². The number of ether oxygens (including phenoxy) is 1. The van der Waals surface area contributed by atoms with Crippen molar-refractivity contribution in [1.82, 2.24) is 14.9 Å². The van der Waals surface area contributed by atoms with Gasteiger partial charge in [0.15, 0.2) is 5.16 Å². The van der Waals surface area contributed by atoms with E-state index in [1.807, 2.05) is 4.57 Å². The first-order valence-electron chi connectivity index (χ1n) is 8.56. The standard InChI is InChI=1S/C18H22FN3O3S/c19-14-5-3-13(4-6-14)9-22-10-15(11-23)21-18(22)26-12-17(24)20-8-16-2-1-7-25-16/h3-6,10,16,23H,1-2,7-9,11-12H2,(H,20,24)/t16-/m0/s1. The van der Waals surface area contributed by atoms with Gasteiger partial charge in [0.1, 0.15) is 5.82 Å². The van der Waals surface area contributed by atoms with E-state index in [0.717, 1.165) is 25.0 Å². The normalized spacial score (nSPS) is 16.8. The first kappa shape index (κ1) is 18.9. The van der Waals surface area contributed by atoms with Crippen LogP contribution in [0.2, 0.25) is 0 Å². The molecule has 0 radical (unpaired) electrons. The second-order valence-electron chi connectivity index (χ2n) is 6.16. The van der Waals surface area contributed by atoms with E-state index in [4.69, 9.17) is 4.74 Å². The molecule has 2 heterocycles. The van der Waals surface area contributed by atoms with Crippen LogP contribution in [0.5, 0.6) is 0 Å². The number of hydrogen-bond acceptors (Lipinski definition) is 5. The Balaban J connectivity index is 1.56. The number of aliphatic hydroxyl groups excluding tert-OH is 1. The Hall–Kier alpha value is -1.90. The van der Waals surface area contributed by atoms with Gasteiger partial charge in [-0.1, -0.05) is 23.9 Å². The van der Waals surface area contributed by atoms with E-state index in [1.54, 1.807) is 18.3 Å². The van der Waals surface area contributed by atoms with Gasteiger partial charge in [0.2, 0.25) is 5.91 Å². The summed E-state index contributed by atoms with van der Waals surface area (Å²) in [4.78, 5) is 16.4. The monoisotopic (exact) mass is 379 g/mol. The third kappa shape index (κ3) is 5.30. The first-order chi connectivity index (χ1) is 12.6. The zero-order chi connectivity index (χ0) is 18.4. The second-order valence-corrected chi connectivity index (χ2v) is 7.10. The van der Waals surface area contributed by atoms with Crippen molar-refractivity contribution in [1.29, 1.82) is 0 Å². The number of nitrogens with zero attached hydrogens (tertiary/aromatic N) is 2. The van der Waals surface area contributed by atoms with Crippen molar-refractivity contribution in [2.24, 2.45) is 0 Å². The third-order valence-electron chi connectivity index (χ3n) is 4.10. The Bertz CT molecular complexity index is 730. The SMILES string of the molecule is O=C(CSc1nc(CO)cn1Cc1ccc(F)cc1)NC[C@@H]1CCCO1. The number of aliphatic hydroxyl groups is 1. The van der Waals surface area contributed by atoms with Gasteiger partial charge in [-0.15, -0.1) is 0 Å². The summed E-state index contributed by atoms with van der Waals surface area (Å²) >= 11 is 1.31. The molecule has 0 aliphatic carbocycles. The lowest BCUT2D eigenvalue weighted by Gasteiger charge is -2.11. The van der Waals surface area contributed by atoms with E-state index in [-0.39, 0.29) is 30.2 Å². The number of aromatic nitrogens is 2. The number of rotatable bonds is 8. The molecule has 2 aromatic rings. The number of hydrogen-bond donors (Lipinski definition) is 2. The summed E-state index contributed by atoms with van der Waals surface area (Å²) in [6.07, 6.45) is 3.89. The minimum absolute atomic E-state index is 0.0765. The van der Waals surface area contributed by atoms with Gasteiger partial charge >= 0.3 is 0 Å². The minimum atomic E-state index is -0.284. The van der Waals surface area contributed by atoms with Crippen LogP contribution < -0.4 is 5.32 Å². The molecule has 6 nitrogen and oxygen atoms in total. The third-order valence-corrected chi connectivity index (χ3v) is 5.09. The Morgan fingerprint density at radius 2 is 2.23 bits per heavy atom. The number of imidazole rings is 1. The van der Waals surface area contributed by atoms with Crippen molar-refractivity contribution in [3.63, 3.8) is 0 Å². The van der Waals surface area contributed by atoms with E-state index in [1.165, 1.54) is 23.9 Å². The summed E-state index contributed by atoms with van der Waals surface area (Å²) in [5, 5.41) is 12.9. The number of nitrogens with one attached hydrogen (secondary N) is 1. The molecule has 1 amide bonds. The van der Waals surface area contributed by atoms with Crippen molar-refractivity contribution >= 4 is 17.7 Å². The van der Waals surface area contributed by atoms with E-state index in [0.29, 0.717) is 23.9 Å². The largest absolute Gasteiger partial charge is 0.390 e. The van der Waals surface area contributed by atoms with Gasteiger partial charge in [0.25, 0.3) is 0 Å². The van der Waals surface area contributed by atoms with Crippen LogP contribution in [0.1, 0.15) is 24.1 Å². The zero-order valence-corrected chi connectivity index (χ0v) is 15.2. The predicted molar refractivity (Wildman–Crippen MR) is 96.4 cm³/mol. The molecule has 1 fully saturated rings. The molecule has 1 aliphatic heterocycles. The highest BCUT2D eigenvalue weighted by Gasteiger charge is 2.17. The molecule has 0 unspecified atom stereocenters. The van der Waals surface area contributed by atoms with Crippen molar-refractivity contribution in [3.8, 4) is 0 Å². The maximum Gasteiger partial charge on any atom is 0.230 e. The summed E-state index contributed by atoms with van der Waals surface area (Å²) in [5.74, 6) is -0.127. The van der Waals surface area contributed by atoms with Gasteiger partial charge in [-0.2, -0.15) is 0 Å². The van der Waals surface area contributed by atoms with Crippen LogP contribution >= 0.6 is 11.8 Å². The van der Waals surface area contributed by atoms with Gasteiger partial charge < -0.3 is 19.7 Å². The first-order valence-corrected chi connectivity index (χ1v) is 9.55. The quantitative estimate of drug-likeness (QED) is 0.686. The van der Waals surface area contributed by atoms with Crippen molar-refractivity contribution in [3.05, 3.63) is 47.5 Å². The van der Waals surface area contributed by atoms with Gasteiger partial charge in [0.05, 0.1) is 24.2 Å². The lowest BCUT2D eigenvalue weighted by molar-refractivity contribution is -0.119. The van der Waals surface area contributed by atoms with Crippen LogP contribution in [0.3, 0.4) is 0 Å². The maximum atomic E-state index is 13.0. The molecule has 1 aliphatic rings. The highest BCUT2D eigenvalue weighted by molar-refractivity contribution is 7.99. The highest BCUT2D eigenvalue weighted by Crippen LogP contribution is 2.20. The average molecular weight is 379 g/mol. The van der Waals surface area contributed by atoms with Crippen molar-refractivity contribution in [2.75, 3.05) is 18.9 Å². The van der Waals surface area contributed by atoms with E-state index in [9.17, 15) is 14.3 Å². The summed E-state index contributed by atoms with van der Waals surface area (Å²) < 4.78 is 20.4. The fourth-order valence-corrected chi connectivity index (χ4v) is 3.58. The number of amides is 1. The molecule has 26 heavy (non-hydrogen) atoms. The van der Waals surface area contributed by atoms with Gasteiger partial charge in [-0.05, 0) is 30.5 Å². The van der Waals surface area contributed by atoms with Crippen LogP contribution in [0.4, 0.5) is 4.39 Å². The molecule has 2 N–H and O–H groups in total. The number of halogens is 1. The molecule has 0 spiro atoms. The van der Waals surface area contributed by atoms with Gasteiger partial charge in [-0.25, -0.2) is 9.37 Å². The van der Waals surface area contributed by atoms with Crippen molar-refractivity contribution in [2.45, 2.75) is 37.3 Å². The average Bonchev–Trinajstić information content (AvgIpc) is 3.30. The fraction of sp³-hybridized carbons (Fsp3) is 0.444. The topological polar surface area (TPSA) is 76.4 Å². The smallest absolute Gasteiger partial charge is 0.230 e. The highest BCUT2D eigenvalue weighted by atomic mass is 32.2. The second kappa shape index (κ2) is 9.16. The lowest BCUT2D eigenvalue weighted by Crippen LogP contribution is -2.32. The lowest BCUT2D eigenvalue weighted by atomic mass is 10.2. The Morgan fingerprint density at radius 1 is 1.42 bits per heavy atom. The zero-order valence-electron chi connectivity index (χ0n) is 14.4. The molecule has 1 atom stereocenters. The van der Waals surface area contributed by atoms with Crippen LogP contribution in [0, 0.1) is 5.82 Å². The van der Waals surface area contributed by atoms with Crippen molar-refractivity contribution < 1.29 is 19.0 Å². The molecule has 1 aromatic carbocycles. The van der Waals surface area contributed by atoms with Crippen LogP contribution in [-0.4, -0.2) is 45.6 Å². The number of benzene rings is 1. The molecular formula is C18H22FN3O3S. The molecule has 0 bridgehead atoms. The molecule has 3 rings (SSSR count). The summed E-state index contributed by atoms with van der Waals surface area (Å²) in [6.45, 7) is 1.62. The number of carbonyl (C=O) groups is 1. The minimum Gasteiger partial charge on any atom is -0.390 e. The summed E-state index contributed by atoms with van der Waals surface area (Å²) in [7, 11) is 0. The molecule has 1 saturated heterocycles. The van der Waals surface area contributed by atoms with Gasteiger partial charge in [-0.3, -0.25) is 4.79 Å². The van der Waals surface area contributed by atoms with Crippen LogP contribution in [-0.2, 0) is 22.7 Å².